The van der Waals surface area contributed by atoms with Crippen LogP contribution in [0, 0.1) is 0 Å². The Kier molecular flexibility index (Phi) is 6.38. The lowest BCUT2D eigenvalue weighted by Crippen LogP contribution is -2.11. The van der Waals surface area contributed by atoms with E-state index in [0.29, 0.717) is 5.56 Å². The predicted octanol–water partition coefficient (Wildman–Crippen LogP) is 4.34. The van der Waals surface area contributed by atoms with Crippen LogP contribution in [0.5, 0.6) is 0 Å². The van der Waals surface area contributed by atoms with Crippen LogP contribution in [-0.2, 0) is 15.7 Å². The first kappa shape index (κ1) is 17.0. The number of rotatable bonds is 3. The summed E-state index contributed by atoms with van der Waals surface area (Å²) in [6.45, 7) is 1.88. The first-order valence-electron chi connectivity index (χ1n) is 4.84. The molecule has 18 heavy (non-hydrogen) atoms. The van der Waals surface area contributed by atoms with E-state index in [4.69, 9.17) is 4.74 Å². The highest BCUT2D eigenvalue weighted by molar-refractivity contribution is 9.09. The Balaban J connectivity index is 0.00000289. The molecule has 0 amide bonds. The molecule has 2 nitrogen and oxygen atoms in total. The molecule has 0 radical (unpaired) electrons. The summed E-state index contributed by atoms with van der Waals surface area (Å²) in [4.78, 5) is 10.6. The molecule has 0 aliphatic rings. The Labute approximate surface area is 112 Å². The predicted molar refractivity (Wildman–Crippen MR) is 66.5 cm³/mol. The molecule has 0 aliphatic carbocycles. The zero-order valence-corrected chi connectivity index (χ0v) is 10.5. The van der Waals surface area contributed by atoms with E-state index in [2.05, 4.69) is 15.9 Å². The number of carbonyl (C=O) groups is 1. The number of hydrogen-bond acceptors (Lipinski definition) is 2. The van der Waals surface area contributed by atoms with Crippen molar-refractivity contribution >= 4 is 21.9 Å². The molecule has 1 unspecified atom stereocenters. The fourth-order valence-corrected chi connectivity index (χ4v) is 1.63. The highest BCUT2D eigenvalue weighted by atomic mass is 79.9. The smallest absolute Gasteiger partial charge is 0.416 e. The maximum Gasteiger partial charge on any atom is 0.416 e. The molecule has 0 aromatic heterocycles. The summed E-state index contributed by atoms with van der Waals surface area (Å²) in [6, 6.07) is 4.37. The second-order valence-corrected chi connectivity index (χ2v) is 4.15. The maximum absolute atomic E-state index is 12.3. The second kappa shape index (κ2) is 6.78. The van der Waals surface area contributed by atoms with Crippen LogP contribution in [0.15, 0.2) is 24.3 Å². The van der Waals surface area contributed by atoms with Crippen LogP contribution in [0.4, 0.5) is 13.2 Å². The van der Waals surface area contributed by atoms with Crippen molar-refractivity contribution < 1.29 is 22.7 Å². The molecule has 0 bridgehead atoms. The van der Waals surface area contributed by atoms with Gasteiger partial charge in [0.2, 0.25) is 0 Å². The lowest BCUT2D eigenvalue weighted by atomic mass is 10.1. The summed E-state index contributed by atoms with van der Waals surface area (Å²) in [6.07, 6.45) is -4.37. The molecule has 1 aromatic carbocycles. The number of benzene rings is 1. The van der Waals surface area contributed by atoms with Gasteiger partial charge >= 0.3 is 12.1 Å². The summed E-state index contributed by atoms with van der Waals surface area (Å²) in [5.74, 6) is -0.521. The molecule has 1 aromatic rings. The number of alkyl halides is 4. The molecule has 0 N–H and O–H groups in total. The first-order chi connectivity index (χ1) is 7.86. The fourth-order valence-electron chi connectivity index (χ4n) is 1.19. The van der Waals surface area contributed by atoms with Crippen molar-refractivity contribution in [3.8, 4) is 0 Å². The minimum atomic E-state index is -4.37. The summed E-state index contributed by atoms with van der Waals surface area (Å²) in [7, 11) is 0. The van der Waals surface area contributed by atoms with E-state index in [9.17, 15) is 18.0 Å². The van der Waals surface area contributed by atoms with Crippen LogP contribution in [-0.4, -0.2) is 12.6 Å². The lowest BCUT2D eigenvalue weighted by molar-refractivity contribution is -0.142. The standard InChI is InChI=1S/C11H10BrF3O2.CH4/c1-2-17-10(16)9(12)7-3-5-8(6-4-7)11(13,14)15;/h3-6,9H,2H2,1H3;1H4. The Morgan fingerprint density at radius 1 is 1.33 bits per heavy atom. The van der Waals surface area contributed by atoms with Crippen LogP contribution in [0.1, 0.15) is 30.3 Å². The monoisotopic (exact) mass is 326 g/mol. The Bertz CT molecular complexity index is 387. The summed E-state index contributed by atoms with van der Waals surface area (Å²) in [5.41, 5.74) is -0.318. The largest absolute Gasteiger partial charge is 0.465 e. The minimum Gasteiger partial charge on any atom is -0.465 e. The van der Waals surface area contributed by atoms with Gasteiger partial charge in [-0.3, -0.25) is 4.79 Å². The van der Waals surface area contributed by atoms with Crippen LogP contribution in [0.25, 0.3) is 0 Å². The topological polar surface area (TPSA) is 26.3 Å². The van der Waals surface area contributed by atoms with E-state index >= 15 is 0 Å². The normalized spacial score (nSPS) is 12.5. The molecule has 0 heterocycles. The Morgan fingerprint density at radius 2 is 1.83 bits per heavy atom. The van der Waals surface area contributed by atoms with E-state index in [-0.39, 0.29) is 14.0 Å². The van der Waals surface area contributed by atoms with Crippen molar-refractivity contribution in [1.82, 2.24) is 0 Å². The number of esters is 1. The van der Waals surface area contributed by atoms with Crippen molar-refractivity contribution in [1.29, 1.82) is 0 Å². The van der Waals surface area contributed by atoms with Crippen LogP contribution in [0.3, 0.4) is 0 Å². The maximum atomic E-state index is 12.3. The summed E-state index contributed by atoms with van der Waals surface area (Å²) < 4.78 is 41.6. The van der Waals surface area contributed by atoms with Crippen molar-refractivity contribution in [3.05, 3.63) is 35.4 Å². The van der Waals surface area contributed by atoms with Gasteiger partial charge in [-0.25, -0.2) is 0 Å². The fraction of sp³-hybridized carbons (Fsp3) is 0.417. The van der Waals surface area contributed by atoms with Gasteiger partial charge in [-0.15, -0.1) is 0 Å². The number of carbonyl (C=O) groups excluding carboxylic acids is 1. The van der Waals surface area contributed by atoms with Gasteiger partial charge in [-0.05, 0) is 24.6 Å². The highest BCUT2D eigenvalue weighted by Gasteiger charge is 2.30. The number of ether oxygens (including phenoxy) is 1. The molecule has 1 atom stereocenters. The average Bonchev–Trinajstić information content (AvgIpc) is 2.27. The van der Waals surface area contributed by atoms with Crippen LogP contribution in [0.2, 0.25) is 0 Å². The zero-order chi connectivity index (χ0) is 13.1. The number of halogens is 4. The van der Waals surface area contributed by atoms with Gasteiger partial charge < -0.3 is 4.74 Å². The summed E-state index contributed by atoms with van der Waals surface area (Å²) in [5, 5.41) is 0. The van der Waals surface area contributed by atoms with Crippen molar-refractivity contribution in [2.75, 3.05) is 6.61 Å². The van der Waals surface area contributed by atoms with Gasteiger partial charge in [0.15, 0.2) is 0 Å². The summed E-state index contributed by atoms with van der Waals surface area (Å²) >= 11 is 3.07. The SMILES string of the molecule is C.CCOC(=O)C(Br)c1ccc(C(F)(F)F)cc1. The molecule has 0 spiro atoms. The molecular formula is C12H14BrF3O2. The molecular weight excluding hydrogens is 313 g/mol. The van der Waals surface area contributed by atoms with Gasteiger partial charge in [0, 0.05) is 0 Å². The van der Waals surface area contributed by atoms with E-state index in [1.807, 2.05) is 0 Å². The van der Waals surface area contributed by atoms with Crippen molar-refractivity contribution in [3.63, 3.8) is 0 Å². The molecule has 0 saturated heterocycles. The van der Waals surface area contributed by atoms with E-state index in [1.54, 1.807) is 6.92 Å². The van der Waals surface area contributed by atoms with E-state index in [0.717, 1.165) is 12.1 Å². The third-order valence-electron chi connectivity index (χ3n) is 2.02. The Morgan fingerprint density at radius 3 is 2.22 bits per heavy atom. The molecule has 0 saturated carbocycles. The quantitative estimate of drug-likeness (QED) is 0.610. The van der Waals surface area contributed by atoms with E-state index in [1.165, 1.54) is 12.1 Å². The van der Waals surface area contributed by atoms with Gasteiger partial charge in [0.1, 0.15) is 4.83 Å². The van der Waals surface area contributed by atoms with Crippen LogP contribution >= 0.6 is 15.9 Å². The third-order valence-corrected chi connectivity index (χ3v) is 2.93. The molecule has 0 aliphatic heterocycles. The van der Waals surface area contributed by atoms with Crippen molar-refractivity contribution in [2.45, 2.75) is 25.4 Å². The molecule has 6 heteroatoms. The molecule has 0 fully saturated rings. The zero-order valence-electron chi connectivity index (χ0n) is 8.92. The van der Waals surface area contributed by atoms with Gasteiger partial charge in [0.05, 0.1) is 12.2 Å². The highest BCUT2D eigenvalue weighted by Crippen LogP contribution is 2.31. The first-order valence-corrected chi connectivity index (χ1v) is 5.75. The van der Waals surface area contributed by atoms with Crippen LogP contribution < -0.4 is 0 Å². The third kappa shape index (κ3) is 4.33. The molecule has 102 valence electrons. The van der Waals surface area contributed by atoms with Gasteiger partial charge in [-0.2, -0.15) is 13.2 Å². The minimum absolute atomic E-state index is 0. The van der Waals surface area contributed by atoms with E-state index < -0.39 is 22.5 Å². The second-order valence-electron chi connectivity index (χ2n) is 3.23. The average molecular weight is 327 g/mol. The Hall–Kier alpha value is -1.04. The van der Waals surface area contributed by atoms with Gasteiger partial charge in [-0.1, -0.05) is 35.5 Å². The number of hydrogen-bond donors (Lipinski definition) is 0. The lowest BCUT2D eigenvalue weighted by Gasteiger charge is -2.11. The molecule has 1 rings (SSSR count). The van der Waals surface area contributed by atoms with Gasteiger partial charge in [0.25, 0.3) is 0 Å². The van der Waals surface area contributed by atoms with Crippen molar-refractivity contribution in [2.24, 2.45) is 0 Å².